The molecule has 1 aromatic carbocycles. The van der Waals surface area contributed by atoms with Crippen LogP contribution in [-0.2, 0) is 22.7 Å². The van der Waals surface area contributed by atoms with Gasteiger partial charge in [-0.25, -0.2) is 9.37 Å². The first-order valence-corrected chi connectivity index (χ1v) is 11.3. The van der Waals surface area contributed by atoms with Crippen molar-refractivity contribution in [3.05, 3.63) is 58.1 Å². The summed E-state index contributed by atoms with van der Waals surface area (Å²) in [6.07, 6.45) is 2.10. The molecular formula is C23H23ClFN5O3. The van der Waals surface area contributed by atoms with E-state index in [9.17, 15) is 18.8 Å². The SMILES string of the molecule is O=C1CCC(N2Cc3cc(CN4CCN(c5ccnc(Cl)c5F)CC4)ccc3C2=O)C(=O)N1. The molecular weight excluding hydrogens is 449 g/mol. The maximum absolute atomic E-state index is 14.3. The summed E-state index contributed by atoms with van der Waals surface area (Å²) in [5, 5.41) is 2.21. The molecule has 8 nitrogen and oxygen atoms in total. The number of fused-ring (bicyclic) bond motifs is 1. The number of carbonyl (C=O) groups is 3. The predicted molar refractivity (Wildman–Crippen MR) is 119 cm³/mol. The van der Waals surface area contributed by atoms with Crippen molar-refractivity contribution in [1.82, 2.24) is 20.1 Å². The van der Waals surface area contributed by atoms with Gasteiger partial charge >= 0.3 is 0 Å². The van der Waals surface area contributed by atoms with Gasteiger partial charge in [-0.2, -0.15) is 0 Å². The van der Waals surface area contributed by atoms with E-state index in [1.54, 1.807) is 11.0 Å². The van der Waals surface area contributed by atoms with Crippen molar-refractivity contribution in [1.29, 1.82) is 0 Å². The van der Waals surface area contributed by atoms with Crippen molar-refractivity contribution >= 4 is 35.0 Å². The Kier molecular flexibility index (Phi) is 5.76. The highest BCUT2D eigenvalue weighted by Gasteiger charge is 2.39. The topological polar surface area (TPSA) is 85.9 Å². The van der Waals surface area contributed by atoms with Crippen LogP contribution < -0.4 is 10.2 Å². The van der Waals surface area contributed by atoms with E-state index < -0.39 is 17.8 Å². The largest absolute Gasteiger partial charge is 0.366 e. The molecule has 0 spiro atoms. The molecule has 2 saturated heterocycles. The van der Waals surface area contributed by atoms with E-state index >= 15 is 0 Å². The first-order chi connectivity index (χ1) is 15.9. The number of nitrogens with one attached hydrogen (secondary N) is 1. The normalized spacial score (nSPS) is 21.4. The summed E-state index contributed by atoms with van der Waals surface area (Å²) in [4.78, 5) is 46.1. The number of anilines is 1. The molecule has 5 rings (SSSR count). The Bertz CT molecular complexity index is 1140. The number of pyridine rings is 1. The Hall–Kier alpha value is -3.04. The van der Waals surface area contributed by atoms with Gasteiger partial charge in [-0.15, -0.1) is 0 Å². The average Bonchev–Trinajstić information content (AvgIpc) is 3.12. The van der Waals surface area contributed by atoms with Crippen LogP contribution in [0.3, 0.4) is 0 Å². The van der Waals surface area contributed by atoms with Gasteiger partial charge in [0, 0.05) is 57.4 Å². The summed E-state index contributed by atoms with van der Waals surface area (Å²) >= 11 is 5.81. The van der Waals surface area contributed by atoms with Crippen LogP contribution in [0.4, 0.5) is 10.1 Å². The second kappa shape index (κ2) is 8.72. The predicted octanol–water partition coefficient (Wildman–Crippen LogP) is 1.96. The van der Waals surface area contributed by atoms with Crippen LogP contribution in [0.25, 0.3) is 0 Å². The number of rotatable bonds is 4. The molecule has 1 atom stereocenters. The van der Waals surface area contributed by atoms with E-state index in [4.69, 9.17) is 11.6 Å². The number of hydrogen-bond acceptors (Lipinski definition) is 6. The molecule has 10 heteroatoms. The van der Waals surface area contributed by atoms with Crippen LogP contribution in [0.5, 0.6) is 0 Å². The van der Waals surface area contributed by atoms with Crippen LogP contribution in [0.2, 0.25) is 5.15 Å². The number of piperidine rings is 1. The van der Waals surface area contributed by atoms with Crippen molar-refractivity contribution in [3.8, 4) is 0 Å². The summed E-state index contributed by atoms with van der Waals surface area (Å²) in [5.74, 6) is -1.36. The number of nitrogens with zero attached hydrogens (tertiary/aromatic N) is 4. The van der Waals surface area contributed by atoms with Gasteiger partial charge in [0.15, 0.2) is 11.0 Å². The summed E-state index contributed by atoms with van der Waals surface area (Å²) in [7, 11) is 0. The van der Waals surface area contributed by atoms with Crippen molar-refractivity contribution in [2.75, 3.05) is 31.1 Å². The van der Waals surface area contributed by atoms with E-state index in [0.29, 0.717) is 43.9 Å². The average molecular weight is 472 g/mol. The van der Waals surface area contributed by atoms with Gasteiger partial charge in [-0.3, -0.25) is 24.6 Å². The Balaban J connectivity index is 1.22. The minimum atomic E-state index is -0.610. The zero-order valence-electron chi connectivity index (χ0n) is 17.9. The zero-order valence-corrected chi connectivity index (χ0v) is 18.6. The Morgan fingerprint density at radius 2 is 1.91 bits per heavy atom. The summed E-state index contributed by atoms with van der Waals surface area (Å²) in [5.41, 5.74) is 3.06. The first kappa shape index (κ1) is 21.8. The number of hydrogen-bond donors (Lipinski definition) is 1. The molecule has 172 valence electrons. The standard InChI is InChI=1S/C23H23ClFN5O3/c24-21-20(25)17(5-6-26-21)29-9-7-28(8-10-29)12-14-1-2-16-15(11-14)13-30(23(16)33)18-3-4-19(31)27-22(18)32/h1-2,5-6,11,18H,3-4,7-10,12-13H2,(H,27,31,32). The number of benzene rings is 1. The van der Waals surface area contributed by atoms with Crippen LogP contribution in [0.15, 0.2) is 30.5 Å². The minimum Gasteiger partial charge on any atom is -0.366 e. The molecule has 33 heavy (non-hydrogen) atoms. The van der Waals surface area contributed by atoms with Gasteiger partial charge < -0.3 is 9.80 Å². The number of aromatic nitrogens is 1. The van der Waals surface area contributed by atoms with Gasteiger partial charge in [0.25, 0.3) is 5.91 Å². The Morgan fingerprint density at radius 1 is 1.12 bits per heavy atom. The lowest BCUT2D eigenvalue weighted by atomic mass is 10.0. The highest BCUT2D eigenvalue weighted by atomic mass is 35.5. The minimum absolute atomic E-state index is 0.117. The number of carbonyl (C=O) groups excluding carboxylic acids is 3. The fourth-order valence-corrected chi connectivity index (χ4v) is 4.94. The van der Waals surface area contributed by atoms with Gasteiger partial charge in [0.2, 0.25) is 11.8 Å². The fourth-order valence-electron chi connectivity index (χ4n) is 4.78. The highest BCUT2D eigenvalue weighted by Crippen LogP contribution is 2.29. The number of imide groups is 1. The lowest BCUT2D eigenvalue weighted by Crippen LogP contribution is -2.52. The van der Waals surface area contributed by atoms with Crippen molar-refractivity contribution in [2.45, 2.75) is 32.0 Å². The molecule has 2 aromatic rings. The lowest BCUT2D eigenvalue weighted by molar-refractivity contribution is -0.136. The van der Waals surface area contributed by atoms with E-state index in [1.165, 1.54) is 6.20 Å². The van der Waals surface area contributed by atoms with Crippen LogP contribution in [0.1, 0.15) is 34.3 Å². The van der Waals surface area contributed by atoms with Crippen molar-refractivity contribution in [2.24, 2.45) is 0 Å². The van der Waals surface area contributed by atoms with Crippen LogP contribution in [0, 0.1) is 5.82 Å². The number of piperazine rings is 1. The maximum atomic E-state index is 14.3. The van der Waals surface area contributed by atoms with Crippen molar-refractivity contribution < 1.29 is 18.8 Å². The summed E-state index contributed by atoms with van der Waals surface area (Å²) in [6, 6.07) is 6.82. The molecule has 0 aliphatic carbocycles. The molecule has 0 saturated carbocycles. The lowest BCUT2D eigenvalue weighted by Gasteiger charge is -2.36. The molecule has 2 fully saturated rings. The first-order valence-electron chi connectivity index (χ1n) is 10.9. The van der Waals surface area contributed by atoms with Gasteiger partial charge in [-0.05, 0) is 29.7 Å². The zero-order chi connectivity index (χ0) is 23.1. The molecule has 1 N–H and O–H groups in total. The third-order valence-electron chi connectivity index (χ3n) is 6.53. The Morgan fingerprint density at radius 3 is 2.67 bits per heavy atom. The van der Waals surface area contributed by atoms with Crippen molar-refractivity contribution in [3.63, 3.8) is 0 Å². The number of amides is 3. The molecule has 4 heterocycles. The molecule has 3 aliphatic rings. The van der Waals surface area contributed by atoms with Crippen LogP contribution in [-0.4, -0.2) is 64.7 Å². The maximum Gasteiger partial charge on any atom is 0.255 e. The molecule has 3 amide bonds. The quantitative estimate of drug-likeness (QED) is 0.542. The Labute approximate surface area is 195 Å². The van der Waals surface area contributed by atoms with Crippen LogP contribution >= 0.6 is 11.6 Å². The molecule has 0 bridgehead atoms. The van der Waals surface area contributed by atoms with Gasteiger partial charge in [0.1, 0.15) is 6.04 Å². The highest BCUT2D eigenvalue weighted by molar-refractivity contribution is 6.29. The molecule has 1 unspecified atom stereocenters. The fraction of sp³-hybridized carbons (Fsp3) is 0.391. The molecule has 3 aliphatic heterocycles. The third-order valence-corrected chi connectivity index (χ3v) is 6.80. The monoisotopic (exact) mass is 471 g/mol. The van der Waals surface area contributed by atoms with Gasteiger partial charge in [0.05, 0.1) is 5.69 Å². The second-order valence-corrected chi connectivity index (χ2v) is 8.95. The third kappa shape index (κ3) is 4.18. The second-order valence-electron chi connectivity index (χ2n) is 8.59. The summed E-state index contributed by atoms with van der Waals surface area (Å²) < 4.78 is 14.3. The molecule has 0 radical (unpaired) electrons. The van der Waals surface area contributed by atoms with Gasteiger partial charge in [-0.1, -0.05) is 23.7 Å². The summed E-state index contributed by atoms with van der Waals surface area (Å²) in [6.45, 7) is 3.95. The van der Waals surface area contributed by atoms with E-state index in [2.05, 4.69) is 15.2 Å². The number of halogens is 2. The molecule has 1 aromatic heterocycles. The smallest absolute Gasteiger partial charge is 0.255 e. The van der Waals surface area contributed by atoms with E-state index in [-0.39, 0.29) is 23.4 Å². The van der Waals surface area contributed by atoms with E-state index in [0.717, 1.165) is 24.2 Å². The van der Waals surface area contributed by atoms with E-state index in [1.807, 2.05) is 23.1 Å².